The van der Waals surface area contributed by atoms with Crippen molar-refractivity contribution in [2.24, 2.45) is 0 Å². The van der Waals surface area contributed by atoms with Gasteiger partial charge in [0.2, 0.25) is 0 Å². The summed E-state index contributed by atoms with van der Waals surface area (Å²) in [4.78, 5) is 22.8. The molecule has 0 aliphatic carbocycles. The lowest BCUT2D eigenvalue weighted by Crippen LogP contribution is -2.36. The summed E-state index contributed by atoms with van der Waals surface area (Å²) in [6.45, 7) is 9.37. The van der Waals surface area contributed by atoms with Gasteiger partial charge in [0.15, 0.2) is 0 Å². The molecule has 0 aliphatic heterocycles. The van der Waals surface area contributed by atoms with Gasteiger partial charge in [0.1, 0.15) is 11.6 Å². The molecule has 0 fully saturated rings. The zero-order chi connectivity index (χ0) is 19.5. The van der Waals surface area contributed by atoms with Crippen molar-refractivity contribution in [3.63, 3.8) is 0 Å². The van der Waals surface area contributed by atoms with Gasteiger partial charge in [-0.25, -0.2) is 0 Å². The number of nitro groups is 1. The van der Waals surface area contributed by atoms with Gasteiger partial charge in [0.05, 0.1) is 11.0 Å². The Morgan fingerprint density at radius 2 is 2.19 bits per heavy atom. The van der Waals surface area contributed by atoms with Crippen molar-refractivity contribution in [3.8, 4) is 6.07 Å². The van der Waals surface area contributed by atoms with E-state index in [0.717, 1.165) is 12.0 Å². The molecule has 0 unspecified atom stereocenters. The van der Waals surface area contributed by atoms with Gasteiger partial charge in [-0.3, -0.25) is 14.9 Å². The number of hydrogen-bond acceptors (Lipinski definition) is 4. The van der Waals surface area contributed by atoms with Crippen LogP contribution in [0, 0.1) is 21.4 Å². The fourth-order valence-electron chi connectivity index (χ4n) is 2.35. The Morgan fingerprint density at radius 1 is 1.46 bits per heavy atom. The molecule has 1 N–H and O–H groups in total. The third-order valence-electron chi connectivity index (χ3n) is 3.59. The molecule has 1 aromatic carbocycles. The fourth-order valence-corrected chi connectivity index (χ4v) is 2.35. The van der Waals surface area contributed by atoms with E-state index in [1.54, 1.807) is 24.3 Å². The SMILES string of the molecule is C=C/C=C(\C=C)[C@H](CCC)NC(=O)/C(C#N)=C/c1cccc([N+](=O)[O-])c1. The van der Waals surface area contributed by atoms with E-state index >= 15 is 0 Å². The van der Waals surface area contributed by atoms with Crippen LogP contribution in [-0.2, 0) is 4.79 Å². The largest absolute Gasteiger partial charge is 0.345 e. The summed E-state index contributed by atoms with van der Waals surface area (Å²) < 4.78 is 0. The Hall–Kier alpha value is -3.46. The lowest BCUT2D eigenvalue weighted by Gasteiger charge is -2.19. The molecular formula is C20H21N3O3. The number of carbonyl (C=O) groups excluding carboxylic acids is 1. The first-order valence-corrected chi connectivity index (χ1v) is 8.09. The quantitative estimate of drug-likeness (QED) is 0.238. The average molecular weight is 351 g/mol. The van der Waals surface area contributed by atoms with Crippen molar-refractivity contribution in [1.29, 1.82) is 5.26 Å². The number of nitro benzene ring substituents is 1. The molecule has 1 atom stereocenters. The van der Waals surface area contributed by atoms with Gasteiger partial charge >= 0.3 is 0 Å². The van der Waals surface area contributed by atoms with Crippen LogP contribution in [0.2, 0.25) is 0 Å². The highest BCUT2D eigenvalue weighted by molar-refractivity contribution is 6.02. The molecule has 134 valence electrons. The number of rotatable bonds is 9. The molecule has 0 saturated heterocycles. The van der Waals surface area contributed by atoms with E-state index in [1.165, 1.54) is 24.3 Å². The Kier molecular flexibility index (Phi) is 8.24. The van der Waals surface area contributed by atoms with Gasteiger partial charge in [-0.15, -0.1) is 0 Å². The van der Waals surface area contributed by atoms with Crippen LogP contribution in [0.5, 0.6) is 0 Å². The van der Waals surface area contributed by atoms with Crippen LogP contribution in [0.1, 0.15) is 25.3 Å². The molecule has 26 heavy (non-hydrogen) atoms. The van der Waals surface area contributed by atoms with Crippen LogP contribution < -0.4 is 5.32 Å². The third kappa shape index (κ3) is 5.87. The maximum Gasteiger partial charge on any atom is 0.270 e. The van der Waals surface area contributed by atoms with Gasteiger partial charge in [0, 0.05) is 12.1 Å². The summed E-state index contributed by atoms with van der Waals surface area (Å²) >= 11 is 0. The molecule has 0 bridgehead atoms. The monoisotopic (exact) mass is 351 g/mol. The minimum atomic E-state index is -0.547. The topological polar surface area (TPSA) is 96.0 Å². The molecule has 1 aromatic rings. The molecule has 0 radical (unpaired) electrons. The van der Waals surface area contributed by atoms with Crippen LogP contribution >= 0.6 is 0 Å². The van der Waals surface area contributed by atoms with Crippen molar-refractivity contribution >= 4 is 17.7 Å². The summed E-state index contributed by atoms with van der Waals surface area (Å²) in [5, 5.41) is 23.0. The second kappa shape index (κ2) is 10.4. The second-order valence-electron chi connectivity index (χ2n) is 5.44. The maximum atomic E-state index is 12.5. The molecular weight excluding hydrogens is 330 g/mol. The number of hydrogen-bond donors (Lipinski definition) is 1. The maximum absolute atomic E-state index is 12.5. The first kappa shape index (κ1) is 20.6. The summed E-state index contributed by atoms with van der Waals surface area (Å²) in [6, 6.07) is 7.29. The van der Waals surface area contributed by atoms with Gasteiger partial charge in [-0.1, -0.05) is 56.9 Å². The Morgan fingerprint density at radius 3 is 2.73 bits per heavy atom. The highest BCUT2D eigenvalue weighted by atomic mass is 16.6. The lowest BCUT2D eigenvalue weighted by atomic mass is 10.0. The first-order chi connectivity index (χ1) is 12.5. The highest BCUT2D eigenvalue weighted by Gasteiger charge is 2.17. The fraction of sp³-hybridized carbons (Fsp3) is 0.200. The summed E-state index contributed by atoms with van der Waals surface area (Å²) in [7, 11) is 0. The lowest BCUT2D eigenvalue weighted by molar-refractivity contribution is -0.384. The Labute approximate surface area is 153 Å². The van der Waals surface area contributed by atoms with Gasteiger partial charge in [-0.2, -0.15) is 5.26 Å². The van der Waals surface area contributed by atoms with Gasteiger partial charge < -0.3 is 5.32 Å². The van der Waals surface area contributed by atoms with E-state index in [4.69, 9.17) is 0 Å². The molecule has 0 aliphatic rings. The van der Waals surface area contributed by atoms with Crippen molar-refractivity contribution in [2.75, 3.05) is 0 Å². The molecule has 1 rings (SSSR count). The normalized spacial score (nSPS) is 12.6. The van der Waals surface area contributed by atoms with Crippen LogP contribution in [0.25, 0.3) is 6.08 Å². The Balaban J connectivity index is 3.10. The van der Waals surface area contributed by atoms with Crippen molar-refractivity contribution < 1.29 is 9.72 Å². The number of nitrogens with one attached hydrogen (secondary N) is 1. The highest BCUT2D eigenvalue weighted by Crippen LogP contribution is 2.16. The van der Waals surface area contributed by atoms with Crippen molar-refractivity contribution in [1.82, 2.24) is 5.32 Å². The first-order valence-electron chi connectivity index (χ1n) is 8.09. The average Bonchev–Trinajstić information content (AvgIpc) is 2.63. The minimum absolute atomic E-state index is 0.108. The number of benzene rings is 1. The zero-order valence-corrected chi connectivity index (χ0v) is 14.6. The zero-order valence-electron chi connectivity index (χ0n) is 14.6. The number of allylic oxidation sites excluding steroid dienone is 2. The molecule has 0 spiro atoms. The molecule has 6 nitrogen and oxygen atoms in total. The predicted molar refractivity (Wildman–Crippen MR) is 102 cm³/mol. The van der Waals surface area contributed by atoms with Crippen LogP contribution in [0.3, 0.4) is 0 Å². The predicted octanol–water partition coefficient (Wildman–Crippen LogP) is 4.09. The number of nitriles is 1. The number of carbonyl (C=O) groups is 1. The van der Waals surface area contributed by atoms with E-state index in [-0.39, 0.29) is 17.3 Å². The summed E-state index contributed by atoms with van der Waals surface area (Å²) in [5.41, 5.74) is 0.961. The number of non-ortho nitro benzene ring substituents is 1. The van der Waals surface area contributed by atoms with Crippen molar-refractivity contribution in [2.45, 2.75) is 25.8 Å². The van der Waals surface area contributed by atoms with E-state index < -0.39 is 10.8 Å². The minimum Gasteiger partial charge on any atom is -0.345 e. The Bertz CT molecular complexity index is 801. The van der Waals surface area contributed by atoms with Crippen LogP contribution in [0.4, 0.5) is 5.69 Å². The summed E-state index contributed by atoms with van der Waals surface area (Å²) in [5.74, 6) is -0.547. The van der Waals surface area contributed by atoms with Crippen LogP contribution in [-0.4, -0.2) is 16.9 Å². The number of nitrogens with zero attached hydrogens (tertiary/aromatic N) is 2. The van der Waals surface area contributed by atoms with Crippen LogP contribution in [0.15, 0.2) is 66.8 Å². The van der Waals surface area contributed by atoms with Gasteiger partial charge in [0.25, 0.3) is 11.6 Å². The molecule has 0 saturated carbocycles. The second-order valence-corrected chi connectivity index (χ2v) is 5.44. The van der Waals surface area contributed by atoms with E-state index in [1.807, 2.05) is 13.0 Å². The van der Waals surface area contributed by atoms with Gasteiger partial charge in [-0.05, 0) is 23.6 Å². The molecule has 0 heterocycles. The van der Waals surface area contributed by atoms with E-state index in [9.17, 15) is 20.2 Å². The van der Waals surface area contributed by atoms with Crippen molar-refractivity contribution in [3.05, 3.63) is 82.5 Å². The number of amides is 1. The van der Waals surface area contributed by atoms with E-state index in [0.29, 0.717) is 12.0 Å². The molecule has 1 amide bonds. The smallest absolute Gasteiger partial charge is 0.270 e. The third-order valence-corrected chi connectivity index (χ3v) is 3.59. The van der Waals surface area contributed by atoms with E-state index in [2.05, 4.69) is 18.5 Å². The molecule has 0 aromatic heterocycles. The standard InChI is InChI=1S/C20H21N3O3/c1-4-8-16(6-3)19(9-5-2)22-20(24)17(14-21)12-15-10-7-11-18(13-15)23(25)26/h4,6-8,10-13,19H,1,3,5,9H2,2H3,(H,22,24)/b16-8+,17-12+/t19-/m0/s1. The molecule has 6 heteroatoms. The summed E-state index contributed by atoms with van der Waals surface area (Å²) in [6.07, 6.45) is 7.82.